The van der Waals surface area contributed by atoms with Crippen molar-refractivity contribution < 1.29 is 24.9 Å². The predicted molar refractivity (Wildman–Crippen MR) is 101 cm³/mol. The summed E-state index contributed by atoms with van der Waals surface area (Å²) >= 11 is 0. The van der Waals surface area contributed by atoms with Crippen molar-refractivity contribution in [1.82, 2.24) is 0 Å². The summed E-state index contributed by atoms with van der Waals surface area (Å²) in [6.45, 7) is 7.80. The average molecular weight is 358 g/mol. The molecule has 0 aliphatic rings. The first-order valence-electron chi connectivity index (χ1n) is 8.15. The minimum Gasteiger partial charge on any atom is -0.478 e. The van der Waals surface area contributed by atoms with Crippen LogP contribution in [-0.2, 0) is 10.2 Å². The Labute approximate surface area is 154 Å². The molecule has 0 amide bonds. The van der Waals surface area contributed by atoms with Crippen LogP contribution in [0, 0.1) is 0 Å². The van der Waals surface area contributed by atoms with Gasteiger partial charge in [-0.2, -0.15) is 0 Å². The van der Waals surface area contributed by atoms with E-state index in [-0.39, 0.29) is 5.57 Å². The molecule has 140 valence electrons. The van der Waals surface area contributed by atoms with Crippen molar-refractivity contribution in [3.05, 3.63) is 78.4 Å². The van der Waals surface area contributed by atoms with E-state index in [4.69, 9.17) is 9.84 Å². The number of rotatable bonds is 6. The summed E-state index contributed by atoms with van der Waals surface area (Å²) in [6, 6.07) is 18.6. The second-order valence-corrected chi connectivity index (χ2v) is 6.43. The number of aliphatic carboxylic acids is 1. The van der Waals surface area contributed by atoms with Crippen molar-refractivity contribution in [2.45, 2.75) is 32.0 Å². The van der Waals surface area contributed by atoms with E-state index < -0.39 is 23.8 Å². The van der Waals surface area contributed by atoms with E-state index in [0.717, 1.165) is 5.56 Å². The van der Waals surface area contributed by atoms with E-state index in [1.807, 2.05) is 62.4 Å². The van der Waals surface area contributed by atoms with Crippen LogP contribution in [0.3, 0.4) is 0 Å². The number of aliphatic hydroxyl groups excluding tert-OH is 1. The second kappa shape index (κ2) is 9.17. The second-order valence-electron chi connectivity index (χ2n) is 6.43. The number of hydrogen-bond acceptors (Lipinski definition) is 4. The van der Waals surface area contributed by atoms with E-state index >= 15 is 0 Å². The van der Waals surface area contributed by atoms with Gasteiger partial charge in [-0.05, 0) is 38.5 Å². The highest BCUT2D eigenvalue weighted by molar-refractivity contribution is 5.84. The summed E-state index contributed by atoms with van der Waals surface area (Å²) in [7, 11) is 0. The van der Waals surface area contributed by atoms with Crippen molar-refractivity contribution >= 4 is 5.97 Å². The fourth-order valence-electron chi connectivity index (χ4n) is 2.12. The van der Waals surface area contributed by atoms with Gasteiger partial charge in [0, 0.05) is 5.57 Å². The van der Waals surface area contributed by atoms with Crippen LogP contribution in [0.5, 0.6) is 5.75 Å². The summed E-state index contributed by atoms with van der Waals surface area (Å²) in [6.07, 6.45) is 0. The number of ether oxygens (including phenoxy) is 1. The fraction of sp³-hybridized carbons (Fsp3) is 0.286. The summed E-state index contributed by atoms with van der Waals surface area (Å²) in [5.74, 6) is -2.11. The highest BCUT2D eigenvalue weighted by Crippen LogP contribution is 2.36. The zero-order valence-corrected chi connectivity index (χ0v) is 15.3. The molecule has 0 aromatic heterocycles. The van der Waals surface area contributed by atoms with Gasteiger partial charge in [0.05, 0.1) is 5.41 Å². The standard InChI is InChI=1S/C17H20O3.C4H6O2/c1-16(2,14-9-5-3-6-10-14)17(19,13-18)20-15-11-7-4-8-12-15;1-3(2)4(5)6/h3-12,18-19H,13H2,1-2H3;1H2,2H3,(H,5,6). The Kier molecular flexibility index (Phi) is 7.56. The molecule has 3 N–H and O–H groups in total. The van der Waals surface area contributed by atoms with Gasteiger partial charge in [-0.1, -0.05) is 55.1 Å². The molecular formula is C21H26O5. The minimum absolute atomic E-state index is 0.176. The smallest absolute Gasteiger partial charge is 0.330 e. The topological polar surface area (TPSA) is 87.0 Å². The van der Waals surface area contributed by atoms with Crippen molar-refractivity contribution in [3.8, 4) is 5.75 Å². The van der Waals surface area contributed by atoms with Crippen LogP contribution in [0.15, 0.2) is 72.8 Å². The monoisotopic (exact) mass is 358 g/mol. The van der Waals surface area contributed by atoms with E-state index in [1.54, 1.807) is 12.1 Å². The summed E-state index contributed by atoms with van der Waals surface area (Å²) in [4.78, 5) is 9.60. The molecule has 0 heterocycles. The molecule has 5 heteroatoms. The maximum atomic E-state index is 10.8. The lowest BCUT2D eigenvalue weighted by Crippen LogP contribution is -2.55. The third-order valence-electron chi connectivity index (χ3n) is 4.08. The summed E-state index contributed by atoms with van der Waals surface area (Å²) in [5.41, 5.74) is 0.307. The lowest BCUT2D eigenvalue weighted by molar-refractivity contribution is -0.207. The van der Waals surface area contributed by atoms with Crippen LogP contribution < -0.4 is 4.74 Å². The molecule has 0 aliphatic carbocycles. The zero-order valence-electron chi connectivity index (χ0n) is 15.3. The number of carbonyl (C=O) groups is 1. The third-order valence-corrected chi connectivity index (χ3v) is 4.08. The van der Waals surface area contributed by atoms with E-state index in [0.29, 0.717) is 5.75 Å². The number of aliphatic hydroxyl groups is 2. The third kappa shape index (κ3) is 5.44. The molecule has 0 radical (unpaired) electrons. The molecule has 0 aliphatic heterocycles. The number of carboxylic acid groups (broad SMARTS) is 1. The molecule has 0 saturated carbocycles. The van der Waals surface area contributed by atoms with Crippen LogP contribution in [0.2, 0.25) is 0 Å². The Balaban J connectivity index is 0.000000487. The fourth-order valence-corrected chi connectivity index (χ4v) is 2.12. The lowest BCUT2D eigenvalue weighted by Gasteiger charge is -2.41. The molecule has 0 fully saturated rings. The van der Waals surface area contributed by atoms with Gasteiger partial charge in [-0.3, -0.25) is 0 Å². The number of hydrogen-bond donors (Lipinski definition) is 3. The quantitative estimate of drug-likeness (QED) is 0.544. The predicted octanol–water partition coefficient (Wildman–Crippen LogP) is 3.37. The Bertz CT molecular complexity index is 698. The number of para-hydroxylation sites is 1. The maximum absolute atomic E-state index is 10.8. The van der Waals surface area contributed by atoms with Gasteiger partial charge >= 0.3 is 5.97 Å². The molecular weight excluding hydrogens is 332 g/mol. The first kappa shape index (κ1) is 21.4. The van der Waals surface area contributed by atoms with Crippen LogP contribution in [-0.4, -0.2) is 33.7 Å². The average Bonchev–Trinajstić information content (AvgIpc) is 2.63. The Morgan fingerprint density at radius 2 is 1.46 bits per heavy atom. The molecule has 2 rings (SSSR count). The van der Waals surface area contributed by atoms with Gasteiger partial charge in [-0.15, -0.1) is 0 Å². The Hall–Kier alpha value is -2.63. The van der Waals surface area contributed by atoms with Crippen molar-refractivity contribution in [2.75, 3.05) is 6.61 Å². The summed E-state index contributed by atoms with van der Waals surface area (Å²) < 4.78 is 5.68. The van der Waals surface area contributed by atoms with Crippen LogP contribution in [0.4, 0.5) is 0 Å². The highest BCUT2D eigenvalue weighted by Gasteiger charge is 2.47. The summed E-state index contributed by atoms with van der Waals surface area (Å²) in [5, 5.41) is 28.3. The molecule has 2 aromatic carbocycles. The van der Waals surface area contributed by atoms with Crippen molar-refractivity contribution in [1.29, 1.82) is 0 Å². The van der Waals surface area contributed by atoms with Crippen LogP contribution in [0.1, 0.15) is 26.3 Å². The van der Waals surface area contributed by atoms with E-state index in [2.05, 4.69) is 6.58 Å². The number of carboxylic acids is 1. The molecule has 1 unspecified atom stereocenters. The van der Waals surface area contributed by atoms with Crippen molar-refractivity contribution in [2.24, 2.45) is 0 Å². The minimum atomic E-state index is -1.70. The van der Waals surface area contributed by atoms with Gasteiger partial charge in [-0.25, -0.2) is 4.79 Å². The molecule has 26 heavy (non-hydrogen) atoms. The molecule has 0 bridgehead atoms. The zero-order chi connectivity index (χ0) is 19.8. The normalized spacial score (nSPS) is 13.0. The molecule has 0 spiro atoms. The number of benzene rings is 2. The van der Waals surface area contributed by atoms with Gasteiger partial charge in [0.2, 0.25) is 5.79 Å². The largest absolute Gasteiger partial charge is 0.478 e. The Morgan fingerprint density at radius 1 is 1.04 bits per heavy atom. The van der Waals surface area contributed by atoms with Crippen molar-refractivity contribution in [3.63, 3.8) is 0 Å². The van der Waals surface area contributed by atoms with E-state index in [1.165, 1.54) is 6.92 Å². The lowest BCUT2D eigenvalue weighted by atomic mass is 9.77. The van der Waals surface area contributed by atoms with Gasteiger partial charge in [0.1, 0.15) is 12.4 Å². The first-order chi connectivity index (χ1) is 12.1. The molecule has 5 nitrogen and oxygen atoms in total. The van der Waals surface area contributed by atoms with Crippen LogP contribution in [0.25, 0.3) is 0 Å². The molecule has 1 atom stereocenters. The van der Waals surface area contributed by atoms with Gasteiger partial charge in [0.15, 0.2) is 0 Å². The first-order valence-corrected chi connectivity index (χ1v) is 8.15. The SMILES string of the molecule is C=C(C)C(=O)O.CC(C)(c1ccccc1)C(O)(CO)Oc1ccccc1. The van der Waals surface area contributed by atoms with Gasteiger partial charge in [0.25, 0.3) is 0 Å². The van der Waals surface area contributed by atoms with Crippen LogP contribution >= 0.6 is 0 Å². The Morgan fingerprint density at radius 3 is 1.85 bits per heavy atom. The molecule has 0 saturated heterocycles. The van der Waals surface area contributed by atoms with Gasteiger partial charge < -0.3 is 20.1 Å². The highest BCUT2D eigenvalue weighted by atomic mass is 16.6. The molecule has 2 aromatic rings. The maximum Gasteiger partial charge on any atom is 0.330 e. The van der Waals surface area contributed by atoms with E-state index in [9.17, 15) is 15.0 Å².